The Bertz CT molecular complexity index is 1630. The fourth-order valence-electron chi connectivity index (χ4n) is 4.65. The molecule has 4 aromatic carbocycles. The van der Waals surface area contributed by atoms with Crippen LogP contribution in [0.25, 0.3) is 0 Å². The first kappa shape index (κ1) is 35.2. The van der Waals surface area contributed by atoms with Gasteiger partial charge in [0.15, 0.2) is 0 Å². The van der Waals surface area contributed by atoms with Crippen molar-refractivity contribution in [3.63, 3.8) is 0 Å². The second-order valence-corrected chi connectivity index (χ2v) is 10.0. The average Bonchev–Trinajstić information content (AvgIpc) is 2.99. The van der Waals surface area contributed by atoms with Crippen molar-refractivity contribution in [3.8, 4) is 17.2 Å². The summed E-state index contributed by atoms with van der Waals surface area (Å²) in [5, 5.41) is 10.4. The van der Waals surface area contributed by atoms with Crippen molar-refractivity contribution in [2.24, 2.45) is 0 Å². The van der Waals surface area contributed by atoms with Crippen molar-refractivity contribution in [1.29, 1.82) is 0 Å². The lowest BCUT2D eigenvalue weighted by Gasteiger charge is -2.35. The van der Waals surface area contributed by atoms with E-state index in [1.54, 1.807) is 0 Å². The van der Waals surface area contributed by atoms with Crippen LogP contribution in [-0.2, 0) is 19.3 Å². The molecule has 0 aliphatic rings. The number of hydrogen-bond acceptors (Lipinski definition) is 5. The fourth-order valence-corrected chi connectivity index (χ4v) is 4.65. The van der Waals surface area contributed by atoms with E-state index >= 15 is 0 Å². The van der Waals surface area contributed by atoms with Crippen LogP contribution in [0.1, 0.15) is 28.3 Å². The molecule has 0 aliphatic heterocycles. The van der Waals surface area contributed by atoms with Gasteiger partial charge < -0.3 is 24.2 Å². The molecule has 4 rings (SSSR count). The zero-order chi connectivity index (χ0) is 34.4. The molecule has 0 heterocycles. The monoisotopic (exact) mass is 677 g/mol. The van der Waals surface area contributed by atoms with E-state index in [1.165, 1.54) is 59.5 Å². The third kappa shape index (κ3) is 9.67. The molecule has 1 atom stereocenters. The lowest BCUT2D eigenvalue weighted by Crippen LogP contribution is -2.34. The SMILES string of the molecule is OCC(c1ccccc1C(F)(F)F)N(Cc1cccc(OC(F)(F)C(F)F)c1)c1cccc(OCc2cccc(OC(F)(F)F)c2)c1. The predicted octanol–water partition coefficient (Wildman–Crippen LogP) is 9.16. The van der Waals surface area contributed by atoms with E-state index in [4.69, 9.17) is 4.74 Å². The van der Waals surface area contributed by atoms with E-state index in [0.29, 0.717) is 5.56 Å². The summed E-state index contributed by atoms with van der Waals surface area (Å²) in [6.07, 6.45) is -18.7. The number of benzene rings is 4. The Morgan fingerprint density at radius 3 is 1.89 bits per heavy atom. The smallest absolute Gasteiger partial charge is 0.489 e. The molecule has 0 saturated heterocycles. The van der Waals surface area contributed by atoms with Gasteiger partial charge in [-0.3, -0.25) is 0 Å². The van der Waals surface area contributed by atoms with Gasteiger partial charge in [-0.25, -0.2) is 0 Å². The molecule has 4 aromatic rings. The molecule has 0 saturated carbocycles. The Hall–Kier alpha value is -4.66. The topological polar surface area (TPSA) is 51.2 Å². The minimum atomic E-state index is -4.92. The van der Waals surface area contributed by atoms with Crippen molar-refractivity contribution in [2.45, 2.75) is 44.3 Å². The molecule has 15 heteroatoms. The fraction of sp³-hybridized carbons (Fsp3) is 0.250. The molecule has 252 valence electrons. The lowest BCUT2D eigenvalue weighted by atomic mass is 9.97. The largest absolute Gasteiger partial charge is 0.573 e. The van der Waals surface area contributed by atoms with Crippen molar-refractivity contribution >= 4 is 5.69 Å². The normalized spacial score (nSPS) is 12.9. The molecule has 0 bridgehead atoms. The number of aliphatic hydroxyl groups excluding tert-OH is 1. The van der Waals surface area contributed by atoms with Crippen LogP contribution in [0, 0.1) is 0 Å². The predicted molar refractivity (Wildman–Crippen MR) is 149 cm³/mol. The quantitative estimate of drug-likeness (QED) is 0.143. The van der Waals surface area contributed by atoms with Crippen molar-refractivity contribution < 1.29 is 63.2 Å². The number of aliphatic hydroxyl groups is 1. The Morgan fingerprint density at radius 2 is 1.26 bits per heavy atom. The maximum atomic E-state index is 14.0. The first-order valence-electron chi connectivity index (χ1n) is 13.6. The summed E-state index contributed by atoms with van der Waals surface area (Å²) in [4.78, 5) is 1.32. The van der Waals surface area contributed by atoms with E-state index < -0.39 is 54.8 Å². The third-order valence-corrected chi connectivity index (χ3v) is 6.62. The van der Waals surface area contributed by atoms with Gasteiger partial charge in [-0.05, 0) is 59.2 Å². The van der Waals surface area contributed by atoms with Gasteiger partial charge in [0.2, 0.25) is 0 Å². The number of halogens is 10. The first-order chi connectivity index (χ1) is 22.1. The number of hydrogen-bond donors (Lipinski definition) is 1. The summed E-state index contributed by atoms with van der Waals surface area (Å²) in [5.41, 5.74) is -0.767. The van der Waals surface area contributed by atoms with Gasteiger partial charge in [-0.1, -0.05) is 48.5 Å². The zero-order valence-electron chi connectivity index (χ0n) is 23.9. The number of nitrogens with zero attached hydrogens (tertiary/aromatic N) is 1. The summed E-state index contributed by atoms with van der Waals surface area (Å²) < 4.78 is 146. The van der Waals surface area contributed by atoms with Crippen molar-refractivity contribution in [3.05, 3.63) is 119 Å². The van der Waals surface area contributed by atoms with Crippen LogP contribution in [0.2, 0.25) is 0 Å². The van der Waals surface area contributed by atoms with Gasteiger partial charge >= 0.3 is 25.1 Å². The van der Waals surface area contributed by atoms with Crippen LogP contribution < -0.4 is 19.1 Å². The second-order valence-electron chi connectivity index (χ2n) is 10.0. The van der Waals surface area contributed by atoms with Crippen LogP contribution in [0.5, 0.6) is 17.2 Å². The summed E-state index contributed by atoms with van der Waals surface area (Å²) >= 11 is 0. The summed E-state index contributed by atoms with van der Waals surface area (Å²) in [6.45, 7) is -1.43. The molecular formula is C32H25F10NO4. The molecule has 47 heavy (non-hydrogen) atoms. The van der Waals surface area contributed by atoms with Gasteiger partial charge in [0.1, 0.15) is 23.9 Å². The summed E-state index contributed by atoms with van der Waals surface area (Å²) in [6, 6.07) is 18.5. The van der Waals surface area contributed by atoms with Crippen LogP contribution in [0.3, 0.4) is 0 Å². The highest BCUT2D eigenvalue weighted by atomic mass is 19.4. The molecule has 0 fully saturated rings. The summed E-state index contributed by atoms with van der Waals surface area (Å²) in [5.74, 6) is -0.993. The molecule has 0 spiro atoms. The van der Waals surface area contributed by atoms with E-state index in [9.17, 15) is 49.0 Å². The van der Waals surface area contributed by atoms with Gasteiger partial charge in [0, 0.05) is 18.3 Å². The molecule has 0 aromatic heterocycles. The minimum absolute atomic E-state index is 0.129. The van der Waals surface area contributed by atoms with Crippen LogP contribution in [-0.4, -0.2) is 30.6 Å². The van der Waals surface area contributed by atoms with Crippen LogP contribution in [0.15, 0.2) is 97.1 Å². The van der Waals surface area contributed by atoms with Crippen LogP contribution in [0.4, 0.5) is 49.6 Å². The zero-order valence-corrected chi connectivity index (χ0v) is 23.9. The van der Waals surface area contributed by atoms with Gasteiger partial charge in [0.25, 0.3) is 0 Å². The number of rotatable bonds is 13. The maximum Gasteiger partial charge on any atom is 0.573 e. The maximum absolute atomic E-state index is 14.0. The number of alkyl halides is 10. The Kier molecular flexibility index (Phi) is 10.8. The van der Waals surface area contributed by atoms with E-state index in [1.807, 2.05) is 0 Å². The number of ether oxygens (including phenoxy) is 3. The molecular weight excluding hydrogens is 652 g/mol. The minimum Gasteiger partial charge on any atom is -0.489 e. The lowest BCUT2D eigenvalue weighted by molar-refractivity contribution is -0.274. The highest BCUT2D eigenvalue weighted by Crippen LogP contribution is 2.39. The first-order valence-corrected chi connectivity index (χ1v) is 13.6. The third-order valence-electron chi connectivity index (χ3n) is 6.62. The summed E-state index contributed by atoms with van der Waals surface area (Å²) in [7, 11) is 0. The Morgan fingerprint density at radius 1 is 0.660 bits per heavy atom. The van der Waals surface area contributed by atoms with Crippen molar-refractivity contribution in [1.82, 2.24) is 0 Å². The molecule has 0 radical (unpaired) electrons. The highest BCUT2D eigenvalue weighted by molar-refractivity contribution is 5.54. The molecule has 0 amide bonds. The van der Waals surface area contributed by atoms with Gasteiger partial charge in [-0.15, -0.1) is 13.2 Å². The van der Waals surface area contributed by atoms with Gasteiger partial charge in [0.05, 0.1) is 18.2 Å². The van der Waals surface area contributed by atoms with E-state index in [2.05, 4.69) is 9.47 Å². The average molecular weight is 678 g/mol. The van der Waals surface area contributed by atoms with E-state index in [0.717, 1.165) is 42.5 Å². The molecule has 0 aliphatic carbocycles. The Balaban J connectivity index is 1.70. The molecule has 5 nitrogen and oxygen atoms in total. The standard InChI is InChI=1S/C32H25F10NO4/c33-29(34)31(38,39)46-24-10-3-6-20(14-24)17-43(28(18-44)26-12-1-2-13-27(26)30(35,36)37)22-8-5-9-23(16-22)45-19-21-7-4-11-25(15-21)47-32(40,41)42/h1-16,28-29,44H,17-19H2. The highest BCUT2D eigenvalue weighted by Gasteiger charge is 2.44. The van der Waals surface area contributed by atoms with Crippen LogP contribution >= 0.6 is 0 Å². The second kappa shape index (κ2) is 14.4. The molecule has 1 unspecified atom stereocenters. The van der Waals surface area contributed by atoms with E-state index in [-0.39, 0.29) is 35.7 Å². The number of anilines is 1. The van der Waals surface area contributed by atoms with Crippen molar-refractivity contribution in [2.75, 3.05) is 11.5 Å². The Labute approximate surface area is 261 Å². The van der Waals surface area contributed by atoms with Gasteiger partial charge in [-0.2, -0.15) is 30.7 Å². The molecule has 1 N–H and O–H groups in total.